The molecule has 132 valence electrons. The number of aromatic nitrogens is 1. The van der Waals surface area contributed by atoms with Crippen molar-refractivity contribution >= 4 is 42.6 Å². The first kappa shape index (κ1) is 16.5. The van der Waals surface area contributed by atoms with Crippen molar-refractivity contribution in [3.63, 3.8) is 0 Å². The lowest BCUT2D eigenvalue weighted by Gasteiger charge is -2.18. The van der Waals surface area contributed by atoms with Crippen molar-refractivity contribution in [3.05, 3.63) is 35.9 Å². The zero-order chi connectivity index (χ0) is 17.6. The molecular formula is C17H19N3O3S2. The molecule has 2 bridgehead atoms. The summed E-state index contributed by atoms with van der Waals surface area (Å²) in [4.78, 5) is 16.7. The second-order valence-corrected chi connectivity index (χ2v) is 9.61. The van der Waals surface area contributed by atoms with Gasteiger partial charge < -0.3 is 5.32 Å². The lowest BCUT2D eigenvalue weighted by atomic mass is 9.93. The zero-order valence-corrected chi connectivity index (χ0v) is 15.4. The first-order valence-electron chi connectivity index (χ1n) is 8.22. The van der Waals surface area contributed by atoms with Crippen LogP contribution in [0, 0.1) is 17.8 Å². The molecule has 2 aliphatic rings. The number of hydrogen-bond donors (Lipinski definition) is 2. The van der Waals surface area contributed by atoms with Gasteiger partial charge in [0.05, 0.1) is 16.5 Å². The number of rotatable bonds is 5. The van der Waals surface area contributed by atoms with Crippen LogP contribution in [0.2, 0.25) is 0 Å². The Kier molecular flexibility index (Phi) is 4.04. The van der Waals surface area contributed by atoms with Crippen LogP contribution in [0.3, 0.4) is 0 Å². The molecule has 0 saturated heterocycles. The van der Waals surface area contributed by atoms with Gasteiger partial charge in [0, 0.05) is 12.1 Å². The summed E-state index contributed by atoms with van der Waals surface area (Å²) in [5.41, 5.74) is 1.24. The number of thiazole rings is 1. The van der Waals surface area contributed by atoms with Gasteiger partial charge in [-0.3, -0.25) is 9.52 Å². The third-order valence-electron chi connectivity index (χ3n) is 4.86. The Morgan fingerprint density at radius 2 is 2.16 bits per heavy atom. The maximum Gasteiger partial charge on any atom is 0.251 e. The molecule has 1 amide bonds. The minimum Gasteiger partial charge on any atom is -0.352 e. The predicted octanol–water partition coefficient (Wildman–Crippen LogP) is 2.61. The molecule has 1 saturated carbocycles. The van der Waals surface area contributed by atoms with Gasteiger partial charge in [-0.2, -0.15) is 0 Å². The summed E-state index contributed by atoms with van der Waals surface area (Å²) in [5.74, 6) is 1.75. The molecule has 2 N–H and O–H groups in total. The molecule has 3 unspecified atom stereocenters. The molecule has 1 aromatic carbocycles. The van der Waals surface area contributed by atoms with Crippen molar-refractivity contribution in [1.82, 2.24) is 10.3 Å². The fourth-order valence-corrected chi connectivity index (χ4v) is 5.46. The van der Waals surface area contributed by atoms with E-state index < -0.39 is 10.0 Å². The number of benzene rings is 1. The maximum atomic E-state index is 12.4. The summed E-state index contributed by atoms with van der Waals surface area (Å²) in [5, 5.41) is 3.34. The average Bonchev–Trinajstić information content (AvgIpc) is 3.24. The number of fused-ring (bicyclic) bond motifs is 3. The smallest absolute Gasteiger partial charge is 0.251 e. The molecule has 3 atom stereocenters. The van der Waals surface area contributed by atoms with E-state index >= 15 is 0 Å². The van der Waals surface area contributed by atoms with Gasteiger partial charge in [-0.1, -0.05) is 23.5 Å². The number of carbonyl (C=O) groups is 1. The lowest BCUT2D eigenvalue weighted by molar-refractivity contribution is 0.0945. The van der Waals surface area contributed by atoms with Crippen molar-refractivity contribution < 1.29 is 13.2 Å². The Hall–Kier alpha value is -1.93. The second kappa shape index (κ2) is 6.10. The molecule has 6 nitrogen and oxygen atoms in total. The molecule has 0 spiro atoms. The molecule has 1 fully saturated rings. The van der Waals surface area contributed by atoms with E-state index in [9.17, 15) is 13.2 Å². The molecule has 4 rings (SSSR count). The first-order chi connectivity index (χ1) is 11.9. The van der Waals surface area contributed by atoms with Crippen LogP contribution < -0.4 is 10.0 Å². The standard InChI is InChI=1S/C17H19N3O3S2/c1-25(22,23)20-17-19-14-5-4-12(8-15(14)24-17)16(21)18-9-13-7-10-2-3-11(13)6-10/h2-5,8,10-11,13H,6-7,9H2,1H3,(H,18,21)(H,19,20). The van der Waals surface area contributed by atoms with Gasteiger partial charge in [0.15, 0.2) is 5.13 Å². The maximum absolute atomic E-state index is 12.4. The van der Waals surface area contributed by atoms with Crippen molar-refractivity contribution in [1.29, 1.82) is 0 Å². The monoisotopic (exact) mass is 377 g/mol. The van der Waals surface area contributed by atoms with E-state index in [1.807, 2.05) is 0 Å². The Bertz CT molecular complexity index is 965. The highest BCUT2D eigenvalue weighted by Crippen LogP contribution is 2.43. The van der Waals surface area contributed by atoms with E-state index in [1.165, 1.54) is 17.8 Å². The third kappa shape index (κ3) is 3.55. The fraction of sp³-hybridized carbons (Fsp3) is 0.412. The van der Waals surface area contributed by atoms with E-state index in [4.69, 9.17) is 0 Å². The Morgan fingerprint density at radius 1 is 1.32 bits per heavy atom. The van der Waals surface area contributed by atoms with Crippen molar-refractivity contribution in [3.8, 4) is 0 Å². The number of sulfonamides is 1. The van der Waals surface area contributed by atoms with E-state index in [2.05, 4.69) is 27.2 Å². The Morgan fingerprint density at radius 3 is 2.84 bits per heavy atom. The zero-order valence-electron chi connectivity index (χ0n) is 13.7. The van der Waals surface area contributed by atoms with Crippen LogP contribution in [0.15, 0.2) is 30.4 Å². The minimum absolute atomic E-state index is 0.0975. The molecule has 2 aliphatic carbocycles. The number of hydrogen-bond acceptors (Lipinski definition) is 5. The highest BCUT2D eigenvalue weighted by atomic mass is 32.2. The second-order valence-electron chi connectivity index (χ2n) is 6.83. The Labute approximate surface area is 150 Å². The third-order valence-corrected chi connectivity index (χ3v) is 6.49. The summed E-state index contributed by atoms with van der Waals surface area (Å²) < 4.78 is 25.8. The van der Waals surface area contributed by atoms with Gasteiger partial charge in [-0.05, 0) is 48.8 Å². The number of amides is 1. The molecule has 0 radical (unpaired) electrons. The lowest BCUT2D eigenvalue weighted by Crippen LogP contribution is -2.30. The highest BCUT2D eigenvalue weighted by Gasteiger charge is 2.35. The first-order valence-corrected chi connectivity index (χ1v) is 10.9. The van der Waals surface area contributed by atoms with Gasteiger partial charge in [-0.25, -0.2) is 13.4 Å². The van der Waals surface area contributed by atoms with Crippen LogP contribution in [0.25, 0.3) is 10.2 Å². The van der Waals surface area contributed by atoms with E-state index in [1.54, 1.807) is 18.2 Å². The SMILES string of the molecule is CS(=O)(=O)Nc1nc2ccc(C(=O)NCC3CC4C=CC3C4)cc2s1. The normalized spacial score (nSPS) is 24.8. The molecular weight excluding hydrogens is 358 g/mol. The number of carbonyl (C=O) groups excluding carboxylic acids is 1. The molecule has 0 aliphatic heterocycles. The predicted molar refractivity (Wildman–Crippen MR) is 99.3 cm³/mol. The summed E-state index contributed by atoms with van der Waals surface area (Å²) in [7, 11) is -3.36. The van der Waals surface area contributed by atoms with Gasteiger partial charge in [0.25, 0.3) is 5.91 Å². The van der Waals surface area contributed by atoms with E-state index in [0.717, 1.165) is 17.4 Å². The number of allylic oxidation sites excluding steroid dienone is 2. The van der Waals surface area contributed by atoms with Crippen LogP contribution in [0.5, 0.6) is 0 Å². The molecule has 1 aromatic heterocycles. The van der Waals surface area contributed by atoms with Gasteiger partial charge in [0.1, 0.15) is 0 Å². The van der Waals surface area contributed by atoms with Gasteiger partial charge in [0.2, 0.25) is 10.0 Å². The van der Waals surface area contributed by atoms with Crippen molar-refractivity contribution in [2.75, 3.05) is 17.5 Å². The summed E-state index contributed by atoms with van der Waals surface area (Å²) in [6, 6.07) is 5.23. The molecule has 8 heteroatoms. The van der Waals surface area contributed by atoms with Crippen LogP contribution in [0.1, 0.15) is 23.2 Å². The topological polar surface area (TPSA) is 88.2 Å². The van der Waals surface area contributed by atoms with Gasteiger partial charge >= 0.3 is 0 Å². The summed E-state index contributed by atoms with van der Waals surface area (Å²) >= 11 is 1.22. The van der Waals surface area contributed by atoms with Crippen LogP contribution in [-0.2, 0) is 10.0 Å². The number of nitrogens with one attached hydrogen (secondary N) is 2. The van der Waals surface area contributed by atoms with Crippen molar-refractivity contribution in [2.45, 2.75) is 12.8 Å². The van der Waals surface area contributed by atoms with E-state index in [-0.39, 0.29) is 5.91 Å². The highest BCUT2D eigenvalue weighted by molar-refractivity contribution is 7.92. The quantitative estimate of drug-likeness (QED) is 0.784. The van der Waals surface area contributed by atoms with Crippen LogP contribution in [-0.4, -0.2) is 32.1 Å². The van der Waals surface area contributed by atoms with Gasteiger partial charge in [-0.15, -0.1) is 0 Å². The molecule has 25 heavy (non-hydrogen) atoms. The van der Waals surface area contributed by atoms with E-state index in [0.29, 0.717) is 40.5 Å². The number of anilines is 1. The summed E-state index contributed by atoms with van der Waals surface area (Å²) in [6.07, 6.45) is 8.05. The van der Waals surface area contributed by atoms with Crippen molar-refractivity contribution in [2.24, 2.45) is 17.8 Å². The van der Waals surface area contributed by atoms with Crippen LogP contribution in [0.4, 0.5) is 5.13 Å². The summed E-state index contributed by atoms with van der Waals surface area (Å²) in [6.45, 7) is 0.700. The number of nitrogens with zero attached hydrogens (tertiary/aromatic N) is 1. The molecule has 1 heterocycles. The molecule has 2 aromatic rings. The van der Waals surface area contributed by atoms with Crippen LogP contribution >= 0.6 is 11.3 Å². The minimum atomic E-state index is -3.36. The Balaban J connectivity index is 1.45. The average molecular weight is 377 g/mol. The largest absolute Gasteiger partial charge is 0.352 e. The fourth-order valence-electron chi connectivity index (χ4n) is 3.72.